The minimum Gasteiger partial charge on any atom is -0.365 e. The highest BCUT2D eigenvalue weighted by molar-refractivity contribution is 4.96. The summed E-state index contributed by atoms with van der Waals surface area (Å²) in [7, 11) is 0. The summed E-state index contributed by atoms with van der Waals surface area (Å²) in [5.41, 5.74) is -0.322. The van der Waals surface area contributed by atoms with Crippen LogP contribution in [0.4, 0.5) is 0 Å². The van der Waals surface area contributed by atoms with Crippen molar-refractivity contribution in [3.05, 3.63) is 0 Å². The van der Waals surface area contributed by atoms with Gasteiger partial charge < -0.3 is 10.2 Å². The van der Waals surface area contributed by atoms with Gasteiger partial charge in [-0.1, -0.05) is 98.8 Å². The molecule has 0 rings (SSSR count). The van der Waals surface area contributed by atoms with Crippen molar-refractivity contribution in [2.75, 3.05) is 0 Å². The molecular formula is C24H50O2. The zero-order valence-electron chi connectivity index (χ0n) is 18.8. The van der Waals surface area contributed by atoms with Crippen LogP contribution in [0.5, 0.6) is 0 Å². The van der Waals surface area contributed by atoms with Crippen LogP contribution in [-0.2, 0) is 0 Å². The molecule has 26 heavy (non-hydrogen) atoms. The van der Waals surface area contributed by atoms with Crippen LogP contribution in [0.1, 0.15) is 137 Å². The van der Waals surface area contributed by atoms with Crippen molar-refractivity contribution < 1.29 is 10.2 Å². The molecule has 2 nitrogen and oxygen atoms in total. The number of hydrogen-bond donors (Lipinski definition) is 2. The summed E-state index contributed by atoms with van der Waals surface area (Å²) in [5, 5.41) is 22.8. The second-order valence-electron chi connectivity index (χ2n) is 8.62. The van der Waals surface area contributed by atoms with E-state index in [2.05, 4.69) is 34.6 Å². The monoisotopic (exact) mass is 370 g/mol. The Kier molecular flexibility index (Phi) is 14.9. The van der Waals surface area contributed by atoms with Crippen LogP contribution in [0.25, 0.3) is 0 Å². The fourth-order valence-corrected chi connectivity index (χ4v) is 4.71. The number of unbranched alkanes of at least 4 members (excludes halogenated alkanes) is 6. The standard InChI is InChI=1S/C24H50O2/c1-6-11-16-18-22(17-12-7-2)23(19-13-8-3,20-14-9-4)24(25,26)21-15-10-5/h22,25-26H,6-21H2,1-5H3. The third-order valence-corrected chi connectivity index (χ3v) is 6.47. The molecule has 0 radical (unpaired) electrons. The molecule has 0 heterocycles. The maximum atomic E-state index is 11.4. The molecule has 0 bridgehead atoms. The number of aliphatic hydroxyl groups is 2. The maximum Gasteiger partial charge on any atom is 0.168 e. The summed E-state index contributed by atoms with van der Waals surface area (Å²) in [6.07, 6.45) is 17.3. The van der Waals surface area contributed by atoms with Gasteiger partial charge in [0.2, 0.25) is 0 Å². The molecule has 2 heteroatoms. The van der Waals surface area contributed by atoms with Gasteiger partial charge >= 0.3 is 0 Å². The Hall–Kier alpha value is -0.0800. The van der Waals surface area contributed by atoms with Gasteiger partial charge in [-0.15, -0.1) is 0 Å². The topological polar surface area (TPSA) is 40.5 Å². The molecule has 0 aliphatic heterocycles. The molecule has 0 aromatic rings. The van der Waals surface area contributed by atoms with Crippen molar-refractivity contribution in [3.8, 4) is 0 Å². The predicted octanol–water partition coefficient (Wildman–Crippen LogP) is 7.61. The Bertz CT molecular complexity index is 303. The fourth-order valence-electron chi connectivity index (χ4n) is 4.71. The molecule has 0 spiro atoms. The van der Waals surface area contributed by atoms with Crippen molar-refractivity contribution in [2.45, 2.75) is 143 Å². The van der Waals surface area contributed by atoms with Gasteiger partial charge in [0.1, 0.15) is 0 Å². The van der Waals surface area contributed by atoms with Crippen molar-refractivity contribution >= 4 is 0 Å². The van der Waals surface area contributed by atoms with E-state index >= 15 is 0 Å². The average molecular weight is 371 g/mol. The Morgan fingerprint density at radius 3 is 1.42 bits per heavy atom. The number of hydrogen-bond acceptors (Lipinski definition) is 2. The quantitative estimate of drug-likeness (QED) is 0.192. The average Bonchev–Trinajstić information content (AvgIpc) is 2.63. The Morgan fingerprint density at radius 1 is 0.538 bits per heavy atom. The van der Waals surface area contributed by atoms with Gasteiger partial charge in [0, 0.05) is 11.8 Å². The van der Waals surface area contributed by atoms with Crippen LogP contribution in [-0.4, -0.2) is 16.0 Å². The normalized spacial score (nSPS) is 14.0. The summed E-state index contributed by atoms with van der Waals surface area (Å²) in [4.78, 5) is 0. The van der Waals surface area contributed by atoms with Crippen molar-refractivity contribution in [1.82, 2.24) is 0 Å². The zero-order chi connectivity index (χ0) is 19.9. The molecule has 0 saturated carbocycles. The third kappa shape index (κ3) is 8.30. The molecule has 0 aliphatic rings. The first-order valence-electron chi connectivity index (χ1n) is 11.9. The van der Waals surface area contributed by atoms with Crippen LogP contribution in [0.15, 0.2) is 0 Å². The molecule has 1 atom stereocenters. The highest BCUT2D eigenvalue weighted by Gasteiger charge is 2.51. The van der Waals surface area contributed by atoms with Crippen LogP contribution in [0.2, 0.25) is 0 Å². The molecule has 0 aromatic heterocycles. The molecule has 158 valence electrons. The second kappa shape index (κ2) is 14.9. The van der Waals surface area contributed by atoms with E-state index in [1.54, 1.807) is 0 Å². The van der Waals surface area contributed by atoms with Gasteiger partial charge in [0.25, 0.3) is 0 Å². The molecule has 0 aromatic carbocycles. The Morgan fingerprint density at radius 2 is 0.962 bits per heavy atom. The van der Waals surface area contributed by atoms with E-state index < -0.39 is 5.79 Å². The number of rotatable bonds is 18. The van der Waals surface area contributed by atoms with E-state index in [0.717, 1.165) is 64.2 Å². The maximum absolute atomic E-state index is 11.4. The van der Waals surface area contributed by atoms with Gasteiger partial charge in [-0.25, -0.2) is 0 Å². The van der Waals surface area contributed by atoms with Crippen LogP contribution >= 0.6 is 0 Å². The largest absolute Gasteiger partial charge is 0.365 e. The van der Waals surface area contributed by atoms with E-state index in [1.165, 1.54) is 32.1 Å². The van der Waals surface area contributed by atoms with E-state index in [-0.39, 0.29) is 5.41 Å². The Balaban J connectivity index is 5.75. The first-order valence-corrected chi connectivity index (χ1v) is 11.9. The van der Waals surface area contributed by atoms with E-state index in [1.807, 2.05) is 0 Å². The van der Waals surface area contributed by atoms with Crippen LogP contribution in [0, 0.1) is 11.3 Å². The Labute approximate surface area is 165 Å². The van der Waals surface area contributed by atoms with Gasteiger partial charge in [-0.2, -0.15) is 0 Å². The second-order valence-corrected chi connectivity index (χ2v) is 8.62. The molecular weight excluding hydrogens is 320 g/mol. The lowest BCUT2D eigenvalue weighted by Gasteiger charge is -2.50. The van der Waals surface area contributed by atoms with Crippen molar-refractivity contribution in [2.24, 2.45) is 11.3 Å². The molecule has 0 amide bonds. The summed E-state index contributed by atoms with van der Waals surface area (Å²) in [5.74, 6) is -1.07. The van der Waals surface area contributed by atoms with Crippen LogP contribution < -0.4 is 0 Å². The summed E-state index contributed by atoms with van der Waals surface area (Å²) >= 11 is 0. The van der Waals surface area contributed by atoms with Crippen molar-refractivity contribution in [3.63, 3.8) is 0 Å². The molecule has 0 aliphatic carbocycles. The first kappa shape index (κ1) is 25.9. The van der Waals surface area contributed by atoms with Gasteiger partial charge in [0.15, 0.2) is 5.79 Å². The SMILES string of the molecule is CCCCCC(CCCC)C(CCCC)(CCCC)C(O)(O)CCCC. The third-order valence-electron chi connectivity index (χ3n) is 6.47. The van der Waals surface area contributed by atoms with Crippen LogP contribution in [0.3, 0.4) is 0 Å². The van der Waals surface area contributed by atoms with E-state index in [0.29, 0.717) is 12.3 Å². The van der Waals surface area contributed by atoms with Crippen molar-refractivity contribution in [1.29, 1.82) is 0 Å². The predicted molar refractivity (Wildman–Crippen MR) is 115 cm³/mol. The molecule has 0 fully saturated rings. The summed E-state index contributed by atoms with van der Waals surface area (Å²) in [6, 6.07) is 0. The lowest BCUT2D eigenvalue weighted by molar-refractivity contribution is -0.272. The zero-order valence-corrected chi connectivity index (χ0v) is 18.8. The first-order chi connectivity index (χ1) is 12.5. The smallest absolute Gasteiger partial charge is 0.168 e. The highest BCUT2D eigenvalue weighted by atomic mass is 16.5. The molecule has 0 saturated heterocycles. The lowest BCUT2D eigenvalue weighted by atomic mass is 9.59. The fraction of sp³-hybridized carbons (Fsp3) is 1.00. The van der Waals surface area contributed by atoms with Gasteiger partial charge in [0.05, 0.1) is 0 Å². The lowest BCUT2D eigenvalue weighted by Crippen LogP contribution is -2.53. The minimum absolute atomic E-state index is 0.322. The minimum atomic E-state index is -1.52. The highest BCUT2D eigenvalue weighted by Crippen LogP contribution is 2.52. The summed E-state index contributed by atoms with van der Waals surface area (Å²) in [6.45, 7) is 11.1. The van der Waals surface area contributed by atoms with Gasteiger partial charge in [-0.05, 0) is 38.0 Å². The van der Waals surface area contributed by atoms with Gasteiger partial charge in [-0.3, -0.25) is 0 Å². The summed E-state index contributed by atoms with van der Waals surface area (Å²) < 4.78 is 0. The molecule has 1 unspecified atom stereocenters. The molecule has 2 N–H and O–H groups in total. The van der Waals surface area contributed by atoms with E-state index in [4.69, 9.17) is 0 Å². The van der Waals surface area contributed by atoms with E-state index in [9.17, 15) is 10.2 Å².